The standard InChI is InChI=1S/C21H14Br4O5S.Na.H/c1-9-3-5-11(13(26)7-9)21(12-6-4-10(2)8-14(12)27)15-16(22)17(23)18(24)19(25)20(15)31(28,29)30-21;;/h3-8,26-27H,1-2H3;;. The van der Waals surface area contributed by atoms with Gasteiger partial charge in [-0.3, -0.25) is 0 Å². The Kier molecular flexibility index (Phi) is 7.74. The number of halogens is 4. The van der Waals surface area contributed by atoms with Crippen LogP contribution < -0.4 is 0 Å². The summed E-state index contributed by atoms with van der Waals surface area (Å²) in [5.74, 6) is -0.324. The summed E-state index contributed by atoms with van der Waals surface area (Å²) in [6.45, 7) is 3.61. The Balaban J connectivity index is 0.00000289. The van der Waals surface area contributed by atoms with Crippen LogP contribution in [0, 0.1) is 13.8 Å². The third-order valence-electron chi connectivity index (χ3n) is 5.13. The van der Waals surface area contributed by atoms with Crippen molar-refractivity contribution in [2.24, 2.45) is 0 Å². The number of benzene rings is 3. The van der Waals surface area contributed by atoms with Crippen LogP contribution in [0.15, 0.2) is 59.2 Å². The number of phenolic OH excluding ortho intramolecular Hbond substituents is 2. The van der Waals surface area contributed by atoms with Gasteiger partial charge in [-0.2, -0.15) is 8.42 Å². The van der Waals surface area contributed by atoms with E-state index < -0.39 is 15.7 Å². The maximum atomic E-state index is 13.3. The zero-order valence-electron chi connectivity index (χ0n) is 16.0. The molecule has 2 N–H and O–H groups in total. The minimum atomic E-state index is -4.31. The molecule has 11 heteroatoms. The van der Waals surface area contributed by atoms with E-state index in [-0.39, 0.29) is 67.1 Å². The molecular formula is C21H15Br4NaO5S. The molecule has 0 radical (unpaired) electrons. The first-order valence-electron chi connectivity index (χ1n) is 8.84. The van der Waals surface area contributed by atoms with E-state index in [1.165, 1.54) is 12.1 Å². The van der Waals surface area contributed by atoms with Crippen LogP contribution >= 0.6 is 63.7 Å². The summed E-state index contributed by atoms with van der Waals surface area (Å²) in [6.07, 6.45) is 0. The summed E-state index contributed by atoms with van der Waals surface area (Å²) < 4.78 is 34.2. The zero-order valence-corrected chi connectivity index (χ0v) is 23.2. The molecule has 0 saturated heterocycles. The summed E-state index contributed by atoms with van der Waals surface area (Å²) in [5, 5.41) is 21.8. The van der Waals surface area contributed by atoms with Crippen molar-refractivity contribution in [3.8, 4) is 11.5 Å². The van der Waals surface area contributed by atoms with Crippen molar-refractivity contribution < 1.29 is 22.8 Å². The Hall–Kier alpha value is 0.0900. The third kappa shape index (κ3) is 3.97. The second-order valence-electron chi connectivity index (χ2n) is 7.22. The molecule has 0 unspecified atom stereocenters. The van der Waals surface area contributed by atoms with Gasteiger partial charge in [-0.15, -0.1) is 0 Å². The molecule has 3 aromatic rings. The van der Waals surface area contributed by atoms with E-state index in [9.17, 15) is 18.6 Å². The predicted octanol–water partition coefficient (Wildman–Crippen LogP) is 6.13. The van der Waals surface area contributed by atoms with Crippen molar-refractivity contribution in [2.45, 2.75) is 24.3 Å². The molecule has 0 fully saturated rings. The van der Waals surface area contributed by atoms with Crippen LogP contribution in [0.1, 0.15) is 27.8 Å². The topological polar surface area (TPSA) is 83.8 Å². The number of hydrogen-bond acceptors (Lipinski definition) is 5. The fourth-order valence-corrected chi connectivity index (χ4v) is 8.54. The number of rotatable bonds is 2. The molecule has 0 aromatic heterocycles. The average molecular weight is 722 g/mol. The Bertz CT molecular complexity index is 1320. The summed E-state index contributed by atoms with van der Waals surface area (Å²) in [7, 11) is -4.31. The van der Waals surface area contributed by atoms with E-state index in [1.54, 1.807) is 38.1 Å². The van der Waals surface area contributed by atoms with Crippen LogP contribution in [0.5, 0.6) is 11.5 Å². The van der Waals surface area contributed by atoms with Gasteiger partial charge in [0.25, 0.3) is 10.1 Å². The van der Waals surface area contributed by atoms with E-state index in [0.29, 0.717) is 13.4 Å². The molecular weight excluding hydrogens is 707 g/mol. The first-order valence-corrected chi connectivity index (χ1v) is 13.4. The first-order chi connectivity index (χ1) is 14.4. The third-order valence-corrected chi connectivity index (χ3v) is 11.5. The molecule has 5 nitrogen and oxygen atoms in total. The van der Waals surface area contributed by atoms with Crippen molar-refractivity contribution in [2.75, 3.05) is 0 Å². The molecule has 4 rings (SSSR count). The second kappa shape index (κ2) is 9.28. The fourth-order valence-electron chi connectivity index (χ4n) is 3.79. The van der Waals surface area contributed by atoms with Crippen molar-refractivity contribution in [3.05, 3.63) is 82.1 Å². The van der Waals surface area contributed by atoms with Gasteiger partial charge >= 0.3 is 29.6 Å². The van der Waals surface area contributed by atoms with E-state index in [4.69, 9.17) is 4.18 Å². The fraction of sp³-hybridized carbons (Fsp3) is 0.143. The Morgan fingerprint density at radius 1 is 0.781 bits per heavy atom. The van der Waals surface area contributed by atoms with Crippen molar-refractivity contribution in [1.82, 2.24) is 0 Å². The van der Waals surface area contributed by atoms with Crippen molar-refractivity contribution >= 4 is 103 Å². The molecule has 0 atom stereocenters. The van der Waals surface area contributed by atoms with Gasteiger partial charge in [-0.05, 0) is 101 Å². The van der Waals surface area contributed by atoms with Crippen LogP contribution in [0.25, 0.3) is 0 Å². The van der Waals surface area contributed by atoms with Gasteiger partial charge in [0.1, 0.15) is 16.4 Å². The number of hydrogen-bond donors (Lipinski definition) is 2. The van der Waals surface area contributed by atoms with Crippen LogP contribution in [0.2, 0.25) is 0 Å². The van der Waals surface area contributed by atoms with Crippen LogP contribution in [-0.4, -0.2) is 48.2 Å². The van der Waals surface area contributed by atoms with Gasteiger partial charge in [-0.25, -0.2) is 4.18 Å². The van der Waals surface area contributed by atoms with Gasteiger partial charge in [0.2, 0.25) is 0 Å². The molecule has 1 heterocycles. The second-order valence-corrected chi connectivity index (χ2v) is 11.9. The molecule has 0 amide bonds. The monoisotopic (exact) mass is 718 g/mol. The number of fused-ring (bicyclic) bond motifs is 1. The summed E-state index contributed by atoms with van der Waals surface area (Å²) in [4.78, 5) is -0.102. The van der Waals surface area contributed by atoms with E-state index >= 15 is 0 Å². The number of aryl methyl sites for hydroxylation is 2. The molecule has 0 spiro atoms. The van der Waals surface area contributed by atoms with Crippen molar-refractivity contribution in [3.63, 3.8) is 0 Å². The quantitative estimate of drug-likeness (QED) is 0.144. The van der Waals surface area contributed by atoms with Gasteiger partial charge in [-0.1, -0.05) is 24.3 Å². The Morgan fingerprint density at radius 3 is 1.66 bits per heavy atom. The number of phenols is 2. The Morgan fingerprint density at radius 2 is 1.22 bits per heavy atom. The normalized spacial score (nSPS) is 15.8. The molecule has 1 aliphatic rings. The minimum absolute atomic E-state index is 0. The molecule has 32 heavy (non-hydrogen) atoms. The molecule has 3 aromatic carbocycles. The molecule has 164 valence electrons. The average Bonchev–Trinajstić information content (AvgIpc) is 2.92. The SMILES string of the molecule is Cc1ccc(C2(c3ccc(C)cc3O)OS(=O)(=O)c3c(Br)c(Br)c(Br)c(Br)c32)c(O)c1.[NaH]. The zero-order chi connectivity index (χ0) is 22.9. The summed E-state index contributed by atoms with van der Waals surface area (Å²) in [6, 6.07) is 9.73. The van der Waals surface area contributed by atoms with E-state index in [2.05, 4.69) is 63.7 Å². The van der Waals surface area contributed by atoms with Crippen LogP contribution in [-0.2, 0) is 19.9 Å². The summed E-state index contributed by atoms with van der Waals surface area (Å²) in [5.41, 5.74) is 0.315. The maximum absolute atomic E-state index is 13.3. The molecule has 0 saturated carbocycles. The van der Waals surface area contributed by atoms with Crippen LogP contribution in [0.4, 0.5) is 0 Å². The first kappa shape index (κ1) is 26.7. The molecule has 0 aliphatic carbocycles. The molecule has 0 bridgehead atoms. The van der Waals surface area contributed by atoms with Crippen LogP contribution in [0.3, 0.4) is 0 Å². The van der Waals surface area contributed by atoms with E-state index in [1.807, 2.05) is 0 Å². The van der Waals surface area contributed by atoms with Gasteiger partial charge in [0.05, 0.1) is 4.47 Å². The number of aromatic hydroxyl groups is 2. The predicted molar refractivity (Wildman–Crippen MR) is 138 cm³/mol. The van der Waals surface area contributed by atoms with Gasteiger partial charge in [0.15, 0.2) is 5.60 Å². The Labute approximate surface area is 241 Å². The van der Waals surface area contributed by atoms with E-state index in [0.717, 1.165) is 11.1 Å². The van der Waals surface area contributed by atoms with Gasteiger partial charge < -0.3 is 10.2 Å². The molecule has 1 aliphatic heterocycles. The summed E-state index contributed by atoms with van der Waals surface area (Å²) >= 11 is 13.7. The van der Waals surface area contributed by atoms with Crippen molar-refractivity contribution in [1.29, 1.82) is 0 Å². The van der Waals surface area contributed by atoms with Gasteiger partial charge in [0, 0.05) is 30.1 Å².